The maximum Gasteiger partial charge on any atom is 0.264 e. The molecule has 0 saturated heterocycles. The van der Waals surface area contributed by atoms with Crippen LogP contribution < -0.4 is 4.74 Å². The lowest BCUT2D eigenvalue weighted by atomic mass is 9.96. The quantitative estimate of drug-likeness (QED) is 0.904. The van der Waals surface area contributed by atoms with Gasteiger partial charge in [0.2, 0.25) is 0 Å². The van der Waals surface area contributed by atoms with E-state index in [1.165, 1.54) is 0 Å². The Labute approximate surface area is 105 Å². The van der Waals surface area contributed by atoms with Crippen LogP contribution in [0, 0.1) is 0 Å². The Hall–Kier alpha value is -2.04. The fourth-order valence-corrected chi connectivity index (χ4v) is 1.31. The molecule has 0 atom stereocenters. The van der Waals surface area contributed by atoms with Gasteiger partial charge in [-0.25, -0.2) is 0 Å². The zero-order valence-corrected chi connectivity index (χ0v) is 10.7. The van der Waals surface area contributed by atoms with Gasteiger partial charge < -0.3 is 14.4 Å². The fraction of sp³-hybridized carbons (Fsp3) is 0.385. The third-order valence-electron chi connectivity index (χ3n) is 2.34. The predicted molar refractivity (Wildman–Crippen MR) is 65.4 cm³/mol. The first-order valence-electron chi connectivity index (χ1n) is 5.70. The number of phenolic OH excluding ortho intramolecular Hbond substituents is 1. The van der Waals surface area contributed by atoms with Crippen molar-refractivity contribution in [2.75, 3.05) is 0 Å². The summed E-state index contributed by atoms with van der Waals surface area (Å²) in [4.78, 5) is 4.26. The lowest BCUT2D eigenvalue weighted by Crippen LogP contribution is -2.13. The van der Waals surface area contributed by atoms with Gasteiger partial charge in [0.05, 0.1) is 0 Å². The Balaban J connectivity index is 1.98. The first-order valence-corrected chi connectivity index (χ1v) is 5.70. The number of rotatable bonds is 3. The van der Waals surface area contributed by atoms with Crippen LogP contribution in [0.2, 0.25) is 0 Å². The first kappa shape index (κ1) is 12.4. The monoisotopic (exact) mass is 248 g/mol. The molecule has 0 unspecified atom stereocenters. The number of aromatic nitrogens is 2. The van der Waals surface area contributed by atoms with Crippen LogP contribution in [-0.2, 0) is 12.0 Å². The molecule has 0 saturated carbocycles. The van der Waals surface area contributed by atoms with E-state index < -0.39 is 0 Å². The van der Waals surface area contributed by atoms with Gasteiger partial charge in [-0.1, -0.05) is 25.9 Å². The van der Waals surface area contributed by atoms with E-state index >= 15 is 0 Å². The molecule has 0 aliphatic carbocycles. The molecular weight excluding hydrogens is 232 g/mol. The van der Waals surface area contributed by atoms with Crippen LogP contribution in [0.15, 0.2) is 28.8 Å². The van der Waals surface area contributed by atoms with Crippen LogP contribution in [-0.4, -0.2) is 15.2 Å². The van der Waals surface area contributed by atoms with Crippen LogP contribution >= 0.6 is 0 Å². The van der Waals surface area contributed by atoms with Crippen molar-refractivity contribution in [3.05, 3.63) is 36.0 Å². The summed E-state index contributed by atoms with van der Waals surface area (Å²) < 4.78 is 10.6. The van der Waals surface area contributed by atoms with Crippen LogP contribution in [0.25, 0.3) is 0 Å². The zero-order chi connectivity index (χ0) is 13.2. The van der Waals surface area contributed by atoms with Gasteiger partial charge in [0.25, 0.3) is 5.89 Å². The van der Waals surface area contributed by atoms with E-state index in [4.69, 9.17) is 14.4 Å². The Kier molecular flexibility index (Phi) is 3.23. The summed E-state index contributed by atoms with van der Waals surface area (Å²) >= 11 is 0. The summed E-state index contributed by atoms with van der Waals surface area (Å²) in [6.07, 6.45) is 0. The second-order valence-corrected chi connectivity index (χ2v) is 5.04. The molecule has 1 N–H and O–H groups in total. The van der Waals surface area contributed by atoms with Gasteiger partial charge in [0.15, 0.2) is 12.4 Å². The van der Waals surface area contributed by atoms with Gasteiger partial charge in [-0.15, -0.1) is 0 Å². The molecule has 96 valence electrons. The second-order valence-electron chi connectivity index (χ2n) is 5.04. The van der Waals surface area contributed by atoms with E-state index in [1.807, 2.05) is 20.8 Å². The molecule has 1 aromatic carbocycles. The number of phenols is 1. The average Bonchev–Trinajstić information content (AvgIpc) is 2.77. The maximum absolute atomic E-state index is 9.14. The Morgan fingerprint density at radius 2 is 1.89 bits per heavy atom. The third kappa shape index (κ3) is 3.00. The topological polar surface area (TPSA) is 68.4 Å². The smallest absolute Gasteiger partial charge is 0.264 e. The SMILES string of the molecule is CC(C)(C)c1noc(COc2ccc(O)cc2)n1. The normalized spacial score (nSPS) is 11.5. The lowest BCUT2D eigenvalue weighted by Gasteiger charge is -2.10. The number of aromatic hydroxyl groups is 1. The number of benzene rings is 1. The Morgan fingerprint density at radius 1 is 1.22 bits per heavy atom. The van der Waals surface area contributed by atoms with Gasteiger partial charge in [-0.2, -0.15) is 4.98 Å². The highest BCUT2D eigenvalue weighted by Crippen LogP contribution is 2.20. The van der Waals surface area contributed by atoms with Crippen LogP contribution in [0.1, 0.15) is 32.5 Å². The fourth-order valence-electron chi connectivity index (χ4n) is 1.31. The lowest BCUT2D eigenvalue weighted by molar-refractivity contribution is 0.241. The van der Waals surface area contributed by atoms with E-state index in [2.05, 4.69) is 10.1 Å². The minimum absolute atomic E-state index is 0.139. The van der Waals surface area contributed by atoms with Crippen molar-refractivity contribution < 1.29 is 14.4 Å². The van der Waals surface area contributed by atoms with Gasteiger partial charge >= 0.3 is 0 Å². The third-order valence-corrected chi connectivity index (χ3v) is 2.34. The standard InChI is InChI=1S/C13H16N2O3/c1-13(2,3)12-14-11(18-15-12)8-17-10-6-4-9(16)5-7-10/h4-7,16H,8H2,1-3H3. The highest BCUT2D eigenvalue weighted by Gasteiger charge is 2.20. The number of nitrogens with zero attached hydrogens (tertiary/aromatic N) is 2. The van der Waals surface area contributed by atoms with Crippen molar-refractivity contribution >= 4 is 0 Å². The average molecular weight is 248 g/mol. The molecule has 2 rings (SSSR count). The summed E-state index contributed by atoms with van der Waals surface area (Å²) in [5.41, 5.74) is -0.139. The predicted octanol–water partition coefficient (Wildman–Crippen LogP) is 2.65. The molecular formula is C13H16N2O3. The van der Waals surface area contributed by atoms with E-state index in [9.17, 15) is 0 Å². The summed E-state index contributed by atoms with van der Waals surface area (Å²) in [7, 11) is 0. The summed E-state index contributed by atoms with van der Waals surface area (Å²) in [6.45, 7) is 6.27. The van der Waals surface area contributed by atoms with Crippen molar-refractivity contribution in [1.29, 1.82) is 0 Å². The maximum atomic E-state index is 9.14. The highest BCUT2D eigenvalue weighted by molar-refractivity contribution is 5.30. The summed E-state index contributed by atoms with van der Waals surface area (Å²) in [6, 6.07) is 6.47. The van der Waals surface area contributed by atoms with Gasteiger partial charge in [-0.05, 0) is 24.3 Å². The van der Waals surface area contributed by atoms with E-state index in [1.54, 1.807) is 24.3 Å². The molecule has 1 aromatic heterocycles. The molecule has 0 spiro atoms. The van der Waals surface area contributed by atoms with Crippen LogP contribution in [0.5, 0.6) is 11.5 Å². The van der Waals surface area contributed by atoms with Crippen molar-refractivity contribution in [2.45, 2.75) is 32.8 Å². The molecule has 0 fully saturated rings. The molecule has 0 amide bonds. The van der Waals surface area contributed by atoms with Crippen molar-refractivity contribution in [1.82, 2.24) is 10.1 Å². The Morgan fingerprint density at radius 3 is 2.44 bits per heavy atom. The minimum Gasteiger partial charge on any atom is -0.508 e. The molecule has 18 heavy (non-hydrogen) atoms. The number of ether oxygens (including phenoxy) is 1. The second kappa shape index (κ2) is 4.68. The molecule has 0 radical (unpaired) electrons. The largest absolute Gasteiger partial charge is 0.508 e. The Bertz CT molecular complexity index is 512. The highest BCUT2D eigenvalue weighted by atomic mass is 16.5. The van der Waals surface area contributed by atoms with Crippen LogP contribution in [0.3, 0.4) is 0 Å². The molecule has 0 bridgehead atoms. The summed E-state index contributed by atoms with van der Waals surface area (Å²) in [5.74, 6) is 1.94. The van der Waals surface area contributed by atoms with Gasteiger partial charge in [-0.3, -0.25) is 0 Å². The summed E-state index contributed by atoms with van der Waals surface area (Å²) in [5, 5.41) is 13.0. The molecule has 1 heterocycles. The van der Waals surface area contributed by atoms with E-state index in [-0.39, 0.29) is 17.8 Å². The molecule has 5 heteroatoms. The van der Waals surface area contributed by atoms with E-state index in [0.717, 1.165) is 0 Å². The zero-order valence-electron chi connectivity index (χ0n) is 10.7. The van der Waals surface area contributed by atoms with E-state index in [0.29, 0.717) is 17.5 Å². The number of hydrogen-bond acceptors (Lipinski definition) is 5. The van der Waals surface area contributed by atoms with Crippen molar-refractivity contribution in [2.24, 2.45) is 0 Å². The van der Waals surface area contributed by atoms with Crippen molar-refractivity contribution in [3.8, 4) is 11.5 Å². The van der Waals surface area contributed by atoms with Gasteiger partial charge in [0, 0.05) is 5.41 Å². The first-order chi connectivity index (χ1) is 8.45. The molecule has 2 aromatic rings. The van der Waals surface area contributed by atoms with Crippen molar-refractivity contribution in [3.63, 3.8) is 0 Å². The molecule has 0 aliphatic rings. The number of hydrogen-bond donors (Lipinski definition) is 1. The molecule has 0 aliphatic heterocycles. The van der Waals surface area contributed by atoms with Crippen LogP contribution in [0.4, 0.5) is 0 Å². The minimum atomic E-state index is -0.139. The van der Waals surface area contributed by atoms with Gasteiger partial charge in [0.1, 0.15) is 11.5 Å². The molecule has 5 nitrogen and oxygen atoms in total.